The van der Waals surface area contributed by atoms with Gasteiger partial charge in [0.1, 0.15) is 0 Å². The minimum atomic E-state index is 1.17. The molecule has 0 amide bonds. The van der Waals surface area contributed by atoms with Crippen LogP contribution in [0.3, 0.4) is 0 Å². The fourth-order valence-corrected chi connectivity index (χ4v) is 0.589. The van der Waals surface area contributed by atoms with E-state index in [2.05, 4.69) is 43.8 Å². The Labute approximate surface area is 113 Å². The zero-order chi connectivity index (χ0) is 11.8. The van der Waals surface area contributed by atoms with E-state index >= 15 is 0 Å². The molecule has 0 radical (unpaired) electrons. The summed E-state index contributed by atoms with van der Waals surface area (Å²) < 4.78 is 0. The fourth-order valence-electron chi connectivity index (χ4n) is 0.589. The van der Waals surface area contributed by atoms with E-state index in [4.69, 9.17) is 0 Å². The first-order chi connectivity index (χ1) is 6.93. The van der Waals surface area contributed by atoms with Crippen LogP contribution >= 0.6 is 37.2 Å². The van der Waals surface area contributed by atoms with Crippen molar-refractivity contribution in [2.24, 2.45) is 0 Å². The highest BCUT2D eigenvalue weighted by Crippen LogP contribution is 1.97. The second-order valence-corrected chi connectivity index (χ2v) is 1.61. The predicted molar refractivity (Wildman–Crippen MR) is 87.3 cm³/mol. The lowest BCUT2D eigenvalue weighted by Crippen LogP contribution is -1.63. The quantitative estimate of drug-likeness (QED) is 0.480. The summed E-state index contributed by atoms with van der Waals surface area (Å²) >= 11 is 4.24. The monoisotopic (exact) mass is 418 g/mol. The summed E-state index contributed by atoms with van der Waals surface area (Å²) in [5.74, 6) is 0. The Bertz CT molecular complexity index is 171. The molecule has 0 unspecified atom stereocenters. The van der Waals surface area contributed by atoms with Gasteiger partial charge < -0.3 is 0 Å². The molecule has 1 aromatic rings. The lowest BCUT2D eigenvalue weighted by Gasteiger charge is -1.85. The maximum Gasteiger partial charge on any atom is 0 e. The molecule has 0 atom stereocenters. The zero-order valence-electron chi connectivity index (χ0n) is 9.43. The molecular formula is C12H20I2. The van der Waals surface area contributed by atoms with E-state index in [1.54, 1.807) is 0 Å². The van der Waals surface area contributed by atoms with Crippen LogP contribution in [-0.2, 0) is 0 Å². The van der Waals surface area contributed by atoms with Crippen LogP contribution in [0.2, 0.25) is 0 Å². The highest BCUT2D eigenvalue weighted by atomic mass is 128. The highest BCUT2D eigenvalue weighted by molar-refractivity contribution is 15.0. The second kappa shape index (κ2) is 23.3. The Morgan fingerprint density at radius 3 is 1.50 bits per heavy atom. The van der Waals surface area contributed by atoms with Gasteiger partial charge in [0.15, 0.2) is 0 Å². The van der Waals surface area contributed by atoms with Gasteiger partial charge in [-0.25, -0.2) is 0 Å². The summed E-state index contributed by atoms with van der Waals surface area (Å²) in [6.07, 6.45) is 1.83. The summed E-state index contributed by atoms with van der Waals surface area (Å²) in [6.45, 7) is 11.6. The van der Waals surface area contributed by atoms with Crippen molar-refractivity contribution in [2.45, 2.75) is 27.7 Å². The van der Waals surface area contributed by atoms with Gasteiger partial charge >= 0.3 is 0 Å². The lowest BCUT2D eigenvalue weighted by atomic mass is 10.2. The standard InChI is InChI=1S/C8H8.2C2H6.I2/c1-2-8-6-4-3-5-7-8;3*1-2/h2-7H,1H2;2*1-2H3;. The molecule has 0 aliphatic rings. The molecule has 0 aromatic heterocycles. The van der Waals surface area contributed by atoms with Gasteiger partial charge in [0, 0.05) is 37.2 Å². The normalized spacial score (nSPS) is 6.14. The molecular weight excluding hydrogens is 398 g/mol. The van der Waals surface area contributed by atoms with E-state index in [0.29, 0.717) is 0 Å². The van der Waals surface area contributed by atoms with Crippen molar-refractivity contribution in [3.8, 4) is 0 Å². The summed E-state index contributed by atoms with van der Waals surface area (Å²) in [5.41, 5.74) is 1.17. The summed E-state index contributed by atoms with van der Waals surface area (Å²) in [4.78, 5) is 0. The molecule has 0 fully saturated rings. The summed E-state index contributed by atoms with van der Waals surface area (Å²) in [7, 11) is 0. The SMILES string of the molecule is C=Cc1ccccc1.CC.CC.II. The minimum Gasteiger partial charge on any atom is -0.0985 e. The summed E-state index contributed by atoms with van der Waals surface area (Å²) in [5, 5.41) is 0. The van der Waals surface area contributed by atoms with Crippen molar-refractivity contribution in [2.75, 3.05) is 0 Å². The van der Waals surface area contributed by atoms with Crippen LogP contribution < -0.4 is 0 Å². The number of benzene rings is 1. The van der Waals surface area contributed by atoms with Crippen LogP contribution in [0.1, 0.15) is 33.3 Å². The van der Waals surface area contributed by atoms with Gasteiger partial charge in [0.25, 0.3) is 0 Å². The van der Waals surface area contributed by atoms with Crippen LogP contribution in [0.4, 0.5) is 0 Å². The van der Waals surface area contributed by atoms with Crippen molar-refractivity contribution < 1.29 is 0 Å². The van der Waals surface area contributed by atoms with Crippen molar-refractivity contribution in [1.82, 2.24) is 0 Å². The van der Waals surface area contributed by atoms with Crippen molar-refractivity contribution >= 4 is 43.3 Å². The Kier molecular flexibility index (Phi) is 33.2. The van der Waals surface area contributed by atoms with Crippen LogP contribution in [0.15, 0.2) is 36.9 Å². The van der Waals surface area contributed by atoms with Crippen LogP contribution in [0.25, 0.3) is 6.08 Å². The molecule has 1 aromatic carbocycles. The topological polar surface area (TPSA) is 0 Å². The highest BCUT2D eigenvalue weighted by Gasteiger charge is 1.75. The maximum atomic E-state index is 3.63. The first kappa shape index (κ1) is 19.9. The molecule has 0 N–H and O–H groups in total. The molecule has 14 heavy (non-hydrogen) atoms. The van der Waals surface area contributed by atoms with Gasteiger partial charge in [-0.2, -0.15) is 0 Å². The molecule has 0 aliphatic carbocycles. The minimum absolute atomic E-state index is 1.17. The second-order valence-electron chi connectivity index (χ2n) is 1.61. The third-order valence-corrected chi connectivity index (χ3v) is 1.04. The zero-order valence-corrected chi connectivity index (χ0v) is 13.7. The van der Waals surface area contributed by atoms with Crippen molar-refractivity contribution in [3.63, 3.8) is 0 Å². The molecule has 0 nitrogen and oxygen atoms in total. The van der Waals surface area contributed by atoms with Gasteiger partial charge in [-0.3, -0.25) is 0 Å². The van der Waals surface area contributed by atoms with E-state index < -0.39 is 0 Å². The Balaban J connectivity index is -0.000000174. The molecule has 82 valence electrons. The van der Waals surface area contributed by atoms with Crippen molar-refractivity contribution in [3.05, 3.63) is 42.5 Å². The van der Waals surface area contributed by atoms with Crippen LogP contribution in [-0.4, -0.2) is 0 Å². The number of hydrogen-bond donors (Lipinski definition) is 0. The summed E-state index contributed by atoms with van der Waals surface area (Å²) in [6, 6.07) is 10.0. The first-order valence-electron chi connectivity index (χ1n) is 4.75. The molecule has 0 aliphatic heterocycles. The Morgan fingerprint density at radius 1 is 0.929 bits per heavy atom. The average molecular weight is 418 g/mol. The average Bonchev–Trinajstić information content (AvgIpc) is 2.37. The van der Waals surface area contributed by atoms with Gasteiger partial charge in [0.05, 0.1) is 0 Å². The fraction of sp³-hybridized carbons (Fsp3) is 0.333. The van der Waals surface area contributed by atoms with Gasteiger partial charge in [-0.1, -0.05) is 70.7 Å². The Morgan fingerprint density at radius 2 is 1.29 bits per heavy atom. The smallest absolute Gasteiger partial charge is 0 e. The van der Waals surface area contributed by atoms with Gasteiger partial charge in [-0.05, 0) is 5.56 Å². The molecule has 0 saturated heterocycles. The third kappa shape index (κ3) is 14.9. The number of halogens is 2. The number of hydrogen-bond acceptors (Lipinski definition) is 0. The molecule has 0 saturated carbocycles. The molecule has 0 heterocycles. The maximum absolute atomic E-state index is 3.63. The van der Waals surface area contributed by atoms with Crippen molar-refractivity contribution in [1.29, 1.82) is 0 Å². The van der Waals surface area contributed by atoms with E-state index in [9.17, 15) is 0 Å². The van der Waals surface area contributed by atoms with E-state index in [1.165, 1.54) is 5.56 Å². The van der Waals surface area contributed by atoms with E-state index in [0.717, 1.165) is 0 Å². The number of rotatable bonds is 1. The largest absolute Gasteiger partial charge is 0.0985 e. The molecule has 0 spiro atoms. The lowest BCUT2D eigenvalue weighted by molar-refractivity contribution is 1.50. The van der Waals surface area contributed by atoms with E-state index in [-0.39, 0.29) is 0 Å². The van der Waals surface area contributed by atoms with Crippen LogP contribution in [0.5, 0.6) is 0 Å². The van der Waals surface area contributed by atoms with Crippen LogP contribution in [0, 0.1) is 0 Å². The first-order valence-corrected chi connectivity index (χ1v) is 11.0. The molecule has 2 heteroatoms. The molecule has 0 bridgehead atoms. The Hall–Kier alpha value is 0.420. The third-order valence-electron chi connectivity index (χ3n) is 1.04. The predicted octanol–water partition coefficient (Wildman–Crippen LogP) is 6.15. The van der Waals surface area contributed by atoms with Gasteiger partial charge in [0.2, 0.25) is 0 Å². The van der Waals surface area contributed by atoms with Gasteiger partial charge in [-0.15, -0.1) is 0 Å². The molecule has 1 rings (SSSR count). The van der Waals surface area contributed by atoms with E-state index in [1.807, 2.05) is 64.1 Å².